The fraction of sp³-hybridized carbons (Fsp3) is 0.667. The first kappa shape index (κ1) is 11.0. The fourth-order valence-corrected chi connectivity index (χ4v) is 1.38. The van der Waals surface area contributed by atoms with Gasteiger partial charge in [-0.3, -0.25) is 4.68 Å². The van der Waals surface area contributed by atoms with Gasteiger partial charge < -0.3 is 15.2 Å². The van der Waals surface area contributed by atoms with Crippen LogP contribution < -0.4 is 5.73 Å². The van der Waals surface area contributed by atoms with Crippen LogP contribution in [-0.4, -0.2) is 37.2 Å². The van der Waals surface area contributed by atoms with Gasteiger partial charge in [-0.05, 0) is 6.92 Å². The molecule has 14 heavy (non-hydrogen) atoms. The molecule has 5 nitrogen and oxygen atoms in total. The largest absolute Gasteiger partial charge is 0.396 e. The summed E-state index contributed by atoms with van der Waals surface area (Å²) < 4.78 is 12.0. The standard InChI is InChI=1S/C9H17N3O2/c1-7-9(10)4-11-12(7)8(5-13-2)6-14-3/h4,8H,5-6,10H2,1-3H3. The molecule has 2 N–H and O–H groups in total. The van der Waals surface area contributed by atoms with Crippen molar-refractivity contribution in [3.8, 4) is 0 Å². The normalized spacial score (nSPS) is 11.1. The minimum atomic E-state index is 0.0855. The number of nitrogen functional groups attached to an aromatic ring is 1. The number of nitrogens with zero attached hydrogens (tertiary/aromatic N) is 2. The van der Waals surface area contributed by atoms with Crippen molar-refractivity contribution in [2.45, 2.75) is 13.0 Å². The van der Waals surface area contributed by atoms with E-state index in [0.717, 1.165) is 5.69 Å². The van der Waals surface area contributed by atoms with E-state index in [1.54, 1.807) is 20.4 Å². The highest BCUT2D eigenvalue weighted by molar-refractivity contribution is 5.39. The lowest BCUT2D eigenvalue weighted by atomic mass is 10.3. The second-order valence-electron chi connectivity index (χ2n) is 3.19. The Labute approximate surface area is 83.8 Å². The highest BCUT2D eigenvalue weighted by Crippen LogP contribution is 2.15. The van der Waals surface area contributed by atoms with Gasteiger partial charge in [0, 0.05) is 14.2 Å². The van der Waals surface area contributed by atoms with Gasteiger partial charge in [0.1, 0.15) is 0 Å². The van der Waals surface area contributed by atoms with Crippen molar-refractivity contribution in [2.24, 2.45) is 0 Å². The Morgan fingerprint density at radius 2 is 2.00 bits per heavy atom. The van der Waals surface area contributed by atoms with Crippen molar-refractivity contribution in [3.63, 3.8) is 0 Å². The van der Waals surface area contributed by atoms with Crippen molar-refractivity contribution in [3.05, 3.63) is 11.9 Å². The molecular formula is C9H17N3O2. The number of methoxy groups -OCH3 is 2. The Balaban J connectivity index is 2.81. The Morgan fingerprint density at radius 1 is 1.43 bits per heavy atom. The third-order valence-corrected chi connectivity index (χ3v) is 2.15. The topological polar surface area (TPSA) is 62.3 Å². The average Bonchev–Trinajstić information content (AvgIpc) is 2.48. The van der Waals surface area contributed by atoms with Crippen LogP contribution in [0.4, 0.5) is 5.69 Å². The molecular weight excluding hydrogens is 182 g/mol. The summed E-state index contributed by atoms with van der Waals surface area (Å²) in [6, 6.07) is 0.0855. The molecule has 0 saturated heterocycles. The molecule has 1 aromatic heterocycles. The third-order valence-electron chi connectivity index (χ3n) is 2.15. The molecule has 1 rings (SSSR count). The maximum absolute atomic E-state index is 5.71. The molecule has 80 valence electrons. The predicted octanol–water partition coefficient (Wildman–Crippen LogP) is 0.608. The van der Waals surface area contributed by atoms with Gasteiger partial charge in [-0.2, -0.15) is 5.10 Å². The maximum Gasteiger partial charge on any atom is 0.0989 e. The van der Waals surface area contributed by atoms with Crippen molar-refractivity contribution in [2.75, 3.05) is 33.2 Å². The van der Waals surface area contributed by atoms with Gasteiger partial charge >= 0.3 is 0 Å². The number of anilines is 1. The first-order chi connectivity index (χ1) is 6.70. The van der Waals surface area contributed by atoms with Gasteiger partial charge in [-0.1, -0.05) is 0 Å². The summed E-state index contributed by atoms with van der Waals surface area (Å²) in [6.45, 7) is 3.06. The summed E-state index contributed by atoms with van der Waals surface area (Å²) in [5.41, 5.74) is 7.35. The minimum Gasteiger partial charge on any atom is -0.396 e. The van der Waals surface area contributed by atoms with E-state index < -0.39 is 0 Å². The van der Waals surface area contributed by atoms with Crippen LogP contribution in [0.1, 0.15) is 11.7 Å². The van der Waals surface area contributed by atoms with Crippen LogP contribution in [0.3, 0.4) is 0 Å². The zero-order chi connectivity index (χ0) is 10.6. The highest BCUT2D eigenvalue weighted by atomic mass is 16.5. The van der Waals surface area contributed by atoms with Crippen LogP contribution in [0.25, 0.3) is 0 Å². The lowest BCUT2D eigenvalue weighted by Gasteiger charge is -2.17. The smallest absolute Gasteiger partial charge is 0.0989 e. The van der Waals surface area contributed by atoms with Gasteiger partial charge in [0.25, 0.3) is 0 Å². The fourth-order valence-electron chi connectivity index (χ4n) is 1.38. The number of hydrogen-bond acceptors (Lipinski definition) is 4. The molecule has 0 atom stereocenters. The number of nitrogens with two attached hydrogens (primary N) is 1. The molecule has 0 aliphatic carbocycles. The Bertz CT molecular complexity index is 280. The first-order valence-electron chi connectivity index (χ1n) is 4.48. The van der Waals surface area contributed by atoms with E-state index in [1.165, 1.54) is 0 Å². The van der Waals surface area contributed by atoms with E-state index in [9.17, 15) is 0 Å². The van der Waals surface area contributed by atoms with Crippen LogP contribution in [0.15, 0.2) is 6.20 Å². The molecule has 0 radical (unpaired) electrons. The molecule has 5 heteroatoms. The van der Waals surface area contributed by atoms with Crippen LogP contribution in [-0.2, 0) is 9.47 Å². The Morgan fingerprint density at radius 3 is 2.36 bits per heavy atom. The SMILES string of the molecule is COCC(COC)n1ncc(N)c1C. The zero-order valence-corrected chi connectivity index (χ0v) is 8.86. The quantitative estimate of drug-likeness (QED) is 0.754. The number of rotatable bonds is 5. The van der Waals surface area contributed by atoms with E-state index in [1.807, 2.05) is 11.6 Å². The number of hydrogen-bond donors (Lipinski definition) is 1. The van der Waals surface area contributed by atoms with Gasteiger partial charge in [0.2, 0.25) is 0 Å². The second-order valence-corrected chi connectivity index (χ2v) is 3.19. The van der Waals surface area contributed by atoms with E-state index in [4.69, 9.17) is 15.2 Å². The van der Waals surface area contributed by atoms with Crippen LogP contribution in [0.5, 0.6) is 0 Å². The van der Waals surface area contributed by atoms with E-state index in [0.29, 0.717) is 18.9 Å². The van der Waals surface area contributed by atoms with E-state index in [-0.39, 0.29) is 6.04 Å². The van der Waals surface area contributed by atoms with Crippen molar-refractivity contribution < 1.29 is 9.47 Å². The summed E-state index contributed by atoms with van der Waals surface area (Å²) in [5.74, 6) is 0. The lowest BCUT2D eigenvalue weighted by Crippen LogP contribution is -2.21. The minimum absolute atomic E-state index is 0.0855. The molecule has 0 saturated carbocycles. The summed E-state index contributed by atoms with van der Waals surface area (Å²) in [5, 5.41) is 4.18. The van der Waals surface area contributed by atoms with Crippen LogP contribution >= 0.6 is 0 Å². The highest BCUT2D eigenvalue weighted by Gasteiger charge is 2.14. The summed E-state index contributed by atoms with van der Waals surface area (Å²) in [4.78, 5) is 0. The Kier molecular flexibility index (Phi) is 3.91. The molecule has 0 spiro atoms. The van der Waals surface area contributed by atoms with Gasteiger partial charge in [-0.25, -0.2) is 0 Å². The molecule has 0 aliphatic heterocycles. The first-order valence-corrected chi connectivity index (χ1v) is 4.48. The maximum atomic E-state index is 5.71. The van der Waals surface area contributed by atoms with Gasteiger partial charge in [-0.15, -0.1) is 0 Å². The van der Waals surface area contributed by atoms with Crippen molar-refractivity contribution in [1.82, 2.24) is 9.78 Å². The predicted molar refractivity (Wildman–Crippen MR) is 54.2 cm³/mol. The van der Waals surface area contributed by atoms with Crippen molar-refractivity contribution in [1.29, 1.82) is 0 Å². The van der Waals surface area contributed by atoms with Crippen LogP contribution in [0, 0.1) is 6.92 Å². The molecule has 0 amide bonds. The summed E-state index contributed by atoms with van der Waals surface area (Å²) in [7, 11) is 3.32. The van der Waals surface area contributed by atoms with Crippen molar-refractivity contribution >= 4 is 5.69 Å². The van der Waals surface area contributed by atoms with Gasteiger partial charge in [0.15, 0.2) is 0 Å². The molecule has 1 heterocycles. The monoisotopic (exact) mass is 199 g/mol. The molecule has 0 aliphatic rings. The van der Waals surface area contributed by atoms with E-state index >= 15 is 0 Å². The zero-order valence-electron chi connectivity index (χ0n) is 8.86. The molecule has 0 fully saturated rings. The van der Waals surface area contributed by atoms with E-state index in [2.05, 4.69) is 5.10 Å². The average molecular weight is 199 g/mol. The lowest BCUT2D eigenvalue weighted by molar-refractivity contribution is 0.0829. The summed E-state index contributed by atoms with van der Waals surface area (Å²) in [6.07, 6.45) is 1.65. The number of ether oxygens (including phenoxy) is 2. The summed E-state index contributed by atoms with van der Waals surface area (Å²) >= 11 is 0. The number of aromatic nitrogens is 2. The molecule has 0 bridgehead atoms. The third kappa shape index (κ3) is 2.24. The molecule has 0 unspecified atom stereocenters. The Hall–Kier alpha value is -1.07. The molecule has 0 aromatic carbocycles. The van der Waals surface area contributed by atoms with Crippen LogP contribution in [0.2, 0.25) is 0 Å². The second kappa shape index (κ2) is 4.97. The van der Waals surface area contributed by atoms with Gasteiger partial charge in [0.05, 0.1) is 36.8 Å². The molecule has 1 aromatic rings.